The topological polar surface area (TPSA) is 43.4 Å². The molecule has 15 heavy (non-hydrogen) atoms. The standard InChI is InChI=1S/C10H8ClFO3/c1-15-10(14)4-8-6(5-13)2-7(12)3-9(8)11/h2-3,5H,4H2,1H3. The molecule has 0 spiro atoms. The smallest absolute Gasteiger partial charge is 0.310 e. The van der Waals surface area contributed by atoms with Gasteiger partial charge in [-0.3, -0.25) is 9.59 Å². The first kappa shape index (κ1) is 11.7. The molecule has 0 aliphatic carbocycles. The molecule has 80 valence electrons. The second kappa shape index (κ2) is 4.89. The van der Waals surface area contributed by atoms with E-state index in [0.717, 1.165) is 12.1 Å². The first-order valence-electron chi connectivity index (χ1n) is 4.08. The highest BCUT2D eigenvalue weighted by Crippen LogP contribution is 2.21. The zero-order valence-electron chi connectivity index (χ0n) is 7.92. The van der Waals surface area contributed by atoms with Gasteiger partial charge in [-0.05, 0) is 17.7 Å². The van der Waals surface area contributed by atoms with Crippen LogP contribution in [0.25, 0.3) is 0 Å². The van der Waals surface area contributed by atoms with Crippen LogP contribution >= 0.6 is 11.6 Å². The van der Waals surface area contributed by atoms with Gasteiger partial charge in [0, 0.05) is 10.6 Å². The highest BCUT2D eigenvalue weighted by atomic mass is 35.5. The molecule has 3 nitrogen and oxygen atoms in total. The van der Waals surface area contributed by atoms with Gasteiger partial charge in [0.25, 0.3) is 0 Å². The maximum Gasteiger partial charge on any atom is 0.310 e. The van der Waals surface area contributed by atoms with Crippen molar-refractivity contribution in [3.05, 3.63) is 34.1 Å². The van der Waals surface area contributed by atoms with E-state index in [4.69, 9.17) is 11.6 Å². The van der Waals surface area contributed by atoms with Crippen molar-refractivity contribution in [1.29, 1.82) is 0 Å². The lowest BCUT2D eigenvalue weighted by Crippen LogP contribution is -2.07. The fraction of sp³-hybridized carbons (Fsp3) is 0.200. The number of hydrogen-bond donors (Lipinski definition) is 0. The Morgan fingerprint density at radius 1 is 1.60 bits per heavy atom. The molecule has 0 atom stereocenters. The van der Waals surface area contributed by atoms with Crippen molar-refractivity contribution in [2.45, 2.75) is 6.42 Å². The van der Waals surface area contributed by atoms with Crippen LogP contribution in [0.3, 0.4) is 0 Å². The second-order valence-corrected chi connectivity index (χ2v) is 3.23. The molecule has 1 aromatic rings. The Labute approximate surface area is 90.8 Å². The van der Waals surface area contributed by atoms with Crippen molar-refractivity contribution in [3.63, 3.8) is 0 Å². The molecule has 0 aliphatic rings. The van der Waals surface area contributed by atoms with E-state index in [1.807, 2.05) is 0 Å². The van der Waals surface area contributed by atoms with Crippen LogP contribution < -0.4 is 0 Å². The molecule has 0 aromatic heterocycles. The highest BCUT2D eigenvalue weighted by Gasteiger charge is 2.13. The molecule has 1 aromatic carbocycles. The van der Waals surface area contributed by atoms with Gasteiger partial charge >= 0.3 is 5.97 Å². The molecule has 0 N–H and O–H groups in total. The third-order valence-electron chi connectivity index (χ3n) is 1.87. The quantitative estimate of drug-likeness (QED) is 0.589. The zero-order valence-corrected chi connectivity index (χ0v) is 8.68. The van der Waals surface area contributed by atoms with Crippen LogP contribution in [0.15, 0.2) is 12.1 Å². The normalized spacial score (nSPS) is 9.80. The van der Waals surface area contributed by atoms with Crippen molar-refractivity contribution in [3.8, 4) is 0 Å². The van der Waals surface area contributed by atoms with Crippen molar-refractivity contribution < 1.29 is 18.7 Å². The van der Waals surface area contributed by atoms with Gasteiger partial charge in [-0.2, -0.15) is 0 Å². The van der Waals surface area contributed by atoms with Crippen molar-refractivity contribution in [2.75, 3.05) is 7.11 Å². The minimum Gasteiger partial charge on any atom is -0.469 e. The van der Waals surface area contributed by atoms with E-state index in [9.17, 15) is 14.0 Å². The van der Waals surface area contributed by atoms with Crippen LogP contribution in [0, 0.1) is 5.82 Å². The Balaban J connectivity index is 3.15. The summed E-state index contributed by atoms with van der Waals surface area (Å²) in [7, 11) is 1.22. The van der Waals surface area contributed by atoms with Gasteiger partial charge in [-0.1, -0.05) is 11.6 Å². The number of aldehydes is 1. The maximum atomic E-state index is 12.9. The van der Waals surface area contributed by atoms with E-state index in [1.165, 1.54) is 7.11 Å². The molecular formula is C10H8ClFO3. The molecule has 1 rings (SSSR count). The number of carbonyl (C=O) groups excluding carboxylic acids is 2. The number of ether oxygens (including phenoxy) is 1. The lowest BCUT2D eigenvalue weighted by atomic mass is 10.1. The van der Waals surface area contributed by atoms with Crippen molar-refractivity contribution in [2.24, 2.45) is 0 Å². The predicted molar refractivity (Wildman–Crippen MR) is 52.5 cm³/mol. The van der Waals surface area contributed by atoms with Crippen LogP contribution in [-0.4, -0.2) is 19.4 Å². The third-order valence-corrected chi connectivity index (χ3v) is 2.21. The lowest BCUT2D eigenvalue weighted by molar-refractivity contribution is -0.139. The summed E-state index contributed by atoms with van der Waals surface area (Å²) in [6, 6.07) is 2.07. The Morgan fingerprint density at radius 3 is 2.80 bits per heavy atom. The molecule has 0 bridgehead atoms. The second-order valence-electron chi connectivity index (χ2n) is 2.83. The molecule has 0 saturated carbocycles. The minimum atomic E-state index is -0.615. The van der Waals surface area contributed by atoms with E-state index in [-0.39, 0.29) is 22.6 Å². The molecule has 0 radical (unpaired) electrons. The van der Waals surface area contributed by atoms with Gasteiger partial charge in [0.1, 0.15) is 5.82 Å². The molecule has 0 saturated heterocycles. The van der Waals surface area contributed by atoms with Gasteiger partial charge in [0.15, 0.2) is 6.29 Å². The number of carbonyl (C=O) groups is 2. The lowest BCUT2D eigenvalue weighted by Gasteiger charge is -2.06. The van der Waals surface area contributed by atoms with E-state index in [2.05, 4.69) is 4.74 Å². The number of esters is 1. The van der Waals surface area contributed by atoms with Crippen molar-refractivity contribution in [1.82, 2.24) is 0 Å². The molecule has 0 amide bonds. The van der Waals surface area contributed by atoms with E-state index < -0.39 is 11.8 Å². The first-order chi connectivity index (χ1) is 7.08. The molecule has 0 aliphatic heterocycles. The Kier molecular flexibility index (Phi) is 3.80. The number of methoxy groups -OCH3 is 1. The number of rotatable bonds is 3. The van der Waals surface area contributed by atoms with Crippen LogP contribution in [0.1, 0.15) is 15.9 Å². The fourth-order valence-electron chi connectivity index (χ4n) is 1.13. The number of halogens is 2. The summed E-state index contributed by atoms with van der Waals surface area (Å²) in [6.45, 7) is 0. The zero-order chi connectivity index (χ0) is 11.4. The summed E-state index contributed by atoms with van der Waals surface area (Å²) in [5.74, 6) is -1.15. The predicted octanol–water partition coefficient (Wildman–Crippen LogP) is 2.01. The van der Waals surface area contributed by atoms with E-state index in [0.29, 0.717) is 6.29 Å². The Morgan fingerprint density at radius 2 is 2.27 bits per heavy atom. The molecule has 0 heterocycles. The maximum absolute atomic E-state index is 12.9. The van der Waals surface area contributed by atoms with Gasteiger partial charge < -0.3 is 4.74 Å². The summed E-state index contributed by atoms with van der Waals surface area (Å²) >= 11 is 5.71. The third kappa shape index (κ3) is 2.76. The summed E-state index contributed by atoms with van der Waals surface area (Å²) in [5, 5.41) is 0.0440. The first-order valence-corrected chi connectivity index (χ1v) is 4.46. The largest absolute Gasteiger partial charge is 0.469 e. The molecular weight excluding hydrogens is 223 g/mol. The summed E-state index contributed by atoms with van der Waals surface area (Å²) in [6.07, 6.45) is 0.302. The Bertz CT molecular complexity index is 404. The van der Waals surface area contributed by atoms with Crippen LogP contribution in [0.4, 0.5) is 4.39 Å². The number of benzene rings is 1. The summed E-state index contributed by atoms with van der Waals surface area (Å²) < 4.78 is 17.3. The summed E-state index contributed by atoms with van der Waals surface area (Å²) in [5.41, 5.74) is 0.338. The van der Waals surface area contributed by atoms with Crippen LogP contribution in [-0.2, 0) is 16.0 Å². The Hall–Kier alpha value is -1.42. The molecule has 5 heteroatoms. The minimum absolute atomic E-state index is 0.0440. The number of hydrogen-bond acceptors (Lipinski definition) is 3. The SMILES string of the molecule is COC(=O)Cc1c(Cl)cc(F)cc1C=O. The van der Waals surface area contributed by atoms with E-state index in [1.54, 1.807) is 0 Å². The van der Waals surface area contributed by atoms with Crippen LogP contribution in [0.5, 0.6) is 0 Å². The monoisotopic (exact) mass is 230 g/mol. The van der Waals surface area contributed by atoms with Gasteiger partial charge in [0.2, 0.25) is 0 Å². The fourth-order valence-corrected chi connectivity index (χ4v) is 1.41. The van der Waals surface area contributed by atoms with E-state index >= 15 is 0 Å². The average Bonchev–Trinajstić information content (AvgIpc) is 2.21. The highest BCUT2D eigenvalue weighted by molar-refractivity contribution is 6.31. The van der Waals surface area contributed by atoms with Crippen LogP contribution in [0.2, 0.25) is 5.02 Å². The molecule has 0 fully saturated rings. The summed E-state index contributed by atoms with van der Waals surface area (Å²) in [4.78, 5) is 21.6. The van der Waals surface area contributed by atoms with Gasteiger partial charge in [0.05, 0.1) is 13.5 Å². The van der Waals surface area contributed by atoms with Gasteiger partial charge in [-0.25, -0.2) is 4.39 Å². The average molecular weight is 231 g/mol. The van der Waals surface area contributed by atoms with Gasteiger partial charge in [-0.15, -0.1) is 0 Å². The van der Waals surface area contributed by atoms with Crippen molar-refractivity contribution >= 4 is 23.9 Å². The molecule has 0 unspecified atom stereocenters.